The van der Waals surface area contributed by atoms with E-state index < -0.39 is 10.0 Å². The Morgan fingerprint density at radius 3 is 2.60 bits per heavy atom. The number of anilines is 1. The fourth-order valence-electron chi connectivity index (χ4n) is 1.69. The molecule has 20 heavy (non-hydrogen) atoms. The fraction of sp³-hybridized carbons (Fsp3) is 0.462. The van der Waals surface area contributed by atoms with Gasteiger partial charge in [0.05, 0.1) is 4.90 Å². The van der Waals surface area contributed by atoms with Gasteiger partial charge in [0.2, 0.25) is 15.9 Å². The van der Waals surface area contributed by atoms with Crippen molar-refractivity contribution < 1.29 is 18.3 Å². The average Bonchev–Trinajstić information content (AvgIpc) is 2.36. The lowest BCUT2D eigenvalue weighted by Crippen LogP contribution is -2.25. The van der Waals surface area contributed by atoms with E-state index in [0.29, 0.717) is 24.1 Å². The van der Waals surface area contributed by atoms with Crippen LogP contribution in [0.3, 0.4) is 0 Å². The van der Waals surface area contributed by atoms with Gasteiger partial charge in [0, 0.05) is 25.8 Å². The molecule has 0 radical (unpaired) electrons. The van der Waals surface area contributed by atoms with E-state index in [4.69, 9.17) is 5.11 Å². The molecule has 1 amide bonds. The number of carbonyl (C=O) groups excluding carboxylic acids is 1. The zero-order valence-corrected chi connectivity index (χ0v) is 12.5. The van der Waals surface area contributed by atoms with Crippen molar-refractivity contribution in [2.75, 3.05) is 18.5 Å². The third-order valence-corrected chi connectivity index (χ3v) is 4.28. The number of nitrogens with one attached hydrogen (secondary N) is 2. The van der Waals surface area contributed by atoms with Crippen LogP contribution in [-0.4, -0.2) is 32.6 Å². The molecule has 0 aliphatic rings. The minimum absolute atomic E-state index is 0.0404. The molecule has 0 aliphatic carbocycles. The minimum atomic E-state index is -3.61. The molecule has 0 heterocycles. The van der Waals surface area contributed by atoms with Crippen LogP contribution in [0, 0.1) is 6.92 Å². The minimum Gasteiger partial charge on any atom is -0.396 e. The monoisotopic (exact) mass is 300 g/mol. The number of benzene rings is 1. The summed E-state index contributed by atoms with van der Waals surface area (Å²) in [4.78, 5) is 11.1. The van der Waals surface area contributed by atoms with E-state index in [-0.39, 0.29) is 24.0 Å². The summed E-state index contributed by atoms with van der Waals surface area (Å²) < 4.78 is 26.8. The quantitative estimate of drug-likeness (QED) is 0.655. The molecule has 0 bridgehead atoms. The Hall–Kier alpha value is -1.44. The predicted molar refractivity (Wildman–Crippen MR) is 77.0 cm³/mol. The van der Waals surface area contributed by atoms with Gasteiger partial charge in [-0.05, 0) is 37.5 Å². The van der Waals surface area contributed by atoms with E-state index in [1.165, 1.54) is 13.0 Å². The lowest BCUT2D eigenvalue weighted by molar-refractivity contribution is -0.114. The lowest BCUT2D eigenvalue weighted by Gasteiger charge is -2.11. The van der Waals surface area contributed by atoms with Crippen LogP contribution in [0.4, 0.5) is 5.69 Å². The van der Waals surface area contributed by atoms with Crippen LogP contribution in [0.2, 0.25) is 0 Å². The zero-order valence-electron chi connectivity index (χ0n) is 11.6. The third-order valence-electron chi connectivity index (χ3n) is 2.68. The van der Waals surface area contributed by atoms with E-state index in [0.717, 1.165) is 0 Å². The van der Waals surface area contributed by atoms with Crippen LogP contribution in [0.1, 0.15) is 25.3 Å². The lowest BCUT2D eigenvalue weighted by atomic mass is 10.2. The largest absolute Gasteiger partial charge is 0.396 e. The number of carbonyl (C=O) groups is 1. The molecule has 0 saturated heterocycles. The van der Waals surface area contributed by atoms with E-state index in [9.17, 15) is 13.2 Å². The number of hydrogen-bond donors (Lipinski definition) is 3. The van der Waals surface area contributed by atoms with Crippen molar-refractivity contribution in [3.8, 4) is 0 Å². The number of hydrogen-bond acceptors (Lipinski definition) is 4. The molecule has 0 unspecified atom stereocenters. The molecule has 7 heteroatoms. The SMILES string of the molecule is CC(=O)Nc1ccc(C)c(S(=O)(=O)NCCCCO)c1. The zero-order chi connectivity index (χ0) is 15.2. The van der Waals surface area contributed by atoms with Crippen LogP contribution in [-0.2, 0) is 14.8 Å². The highest BCUT2D eigenvalue weighted by Gasteiger charge is 2.17. The molecule has 112 valence electrons. The van der Waals surface area contributed by atoms with Crippen molar-refractivity contribution in [2.24, 2.45) is 0 Å². The first-order valence-electron chi connectivity index (χ1n) is 6.35. The number of amides is 1. The number of aliphatic hydroxyl groups excluding tert-OH is 1. The van der Waals surface area contributed by atoms with Gasteiger partial charge in [0.15, 0.2) is 0 Å². The molecule has 3 N–H and O–H groups in total. The Labute approximate surface area is 119 Å². The standard InChI is InChI=1S/C13H20N2O4S/c1-10-5-6-12(15-11(2)17)9-13(10)20(18,19)14-7-3-4-8-16/h5-6,9,14,16H,3-4,7-8H2,1-2H3,(H,15,17). The summed E-state index contributed by atoms with van der Waals surface area (Å²) in [5.41, 5.74) is 1.05. The topological polar surface area (TPSA) is 95.5 Å². The van der Waals surface area contributed by atoms with Crippen molar-refractivity contribution in [3.63, 3.8) is 0 Å². The maximum atomic E-state index is 12.2. The van der Waals surface area contributed by atoms with E-state index >= 15 is 0 Å². The highest BCUT2D eigenvalue weighted by Crippen LogP contribution is 2.20. The summed E-state index contributed by atoms with van der Waals surface area (Å²) >= 11 is 0. The van der Waals surface area contributed by atoms with E-state index in [2.05, 4.69) is 10.0 Å². The number of aliphatic hydroxyl groups is 1. The van der Waals surface area contributed by atoms with Crippen molar-refractivity contribution in [2.45, 2.75) is 31.6 Å². The van der Waals surface area contributed by atoms with Gasteiger partial charge in [-0.2, -0.15) is 0 Å². The van der Waals surface area contributed by atoms with Gasteiger partial charge in [0.1, 0.15) is 0 Å². The van der Waals surface area contributed by atoms with Crippen LogP contribution in [0.25, 0.3) is 0 Å². The highest BCUT2D eigenvalue weighted by atomic mass is 32.2. The summed E-state index contributed by atoms with van der Waals surface area (Å²) in [6, 6.07) is 4.74. The molecule has 1 rings (SSSR count). The van der Waals surface area contributed by atoms with Gasteiger partial charge in [-0.1, -0.05) is 6.07 Å². The van der Waals surface area contributed by atoms with Crippen LogP contribution in [0.15, 0.2) is 23.1 Å². The molecule has 0 spiro atoms. The second-order valence-electron chi connectivity index (χ2n) is 4.49. The van der Waals surface area contributed by atoms with Crippen molar-refractivity contribution >= 4 is 21.6 Å². The molecule has 1 aromatic carbocycles. The molecule has 0 aliphatic heterocycles. The maximum Gasteiger partial charge on any atom is 0.240 e. The first-order chi connectivity index (χ1) is 9.36. The van der Waals surface area contributed by atoms with Crippen molar-refractivity contribution in [3.05, 3.63) is 23.8 Å². The first kappa shape index (κ1) is 16.6. The molecule has 0 saturated carbocycles. The number of unbranched alkanes of at least 4 members (excludes halogenated alkanes) is 1. The van der Waals surface area contributed by atoms with Crippen LogP contribution >= 0.6 is 0 Å². The average molecular weight is 300 g/mol. The van der Waals surface area contributed by atoms with E-state index in [1.54, 1.807) is 19.1 Å². The third kappa shape index (κ3) is 4.92. The normalized spacial score (nSPS) is 11.3. The fourth-order valence-corrected chi connectivity index (χ4v) is 3.03. The number of sulfonamides is 1. The Balaban J connectivity index is 2.90. The van der Waals surface area contributed by atoms with E-state index in [1.807, 2.05) is 0 Å². The Bertz CT molecular complexity index is 570. The van der Waals surface area contributed by atoms with Gasteiger partial charge < -0.3 is 10.4 Å². The Morgan fingerprint density at radius 1 is 1.30 bits per heavy atom. The maximum absolute atomic E-state index is 12.2. The van der Waals surface area contributed by atoms with Gasteiger partial charge in [-0.3, -0.25) is 4.79 Å². The molecule has 0 fully saturated rings. The Kier molecular flexibility index (Phi) is 6.12. The molecule has 1 aromatic rings. The van der Waals surface area contributed by atoms with Gasteiger partial charge in [-0.25, -0.2) is 13.1 Å². The number of rotatable bonds is 7. The Morgan fingerprint density at radius 2 is 2.00 bits per heavy atom. The second kappa shape index (κ2) is 7.37. The predicted octanol–water partition coefficient (Wildman–Crippen LogP) is 1.00. The van der Waals surface area contributed by atoms with Crippen LogP contribution < -0.4 is 10.0 Å². The molecule has 6 nitrogen and oxygen atoms in total. The summed E-state index contributed by atoms with van der Waals surface area (Å²) in [5, 5.41) is 11.2. The smallest absolute Gasteiger partial charge is 0.240 e. The first-order valence-corrected chi connectivity index (χ1v) is 7.84. The van der Waals surface area contributed by atoms with Gasteiger partial charge in [-0.15, -0.1) is 0 Å². The van der Waals surface area contributed by atoms with Gasteiger partial charge >= 0.3 is 0 Å². The second-order valence-corrected chi connectivity index (χ2v) is 6.23. The molecule has 0 atom stereocenters. The molecule has 0 aromatic heterocycles. The molecular formula is C13H20N2O4S. The van der Waals surface area contributed by atoms with Crippen molar-refractivity contribution in [1.29, 1.82) is 0 Å². The summed E-state index contributed by atoms with van der Waals surface area (Å²) in [6.07, 6.45) is 1.12. The summed E-state index contributed by atoms with van der Waals surface area (Å²) in [6.45, 7) is 3.37. The molecular weight excluding hydrogens is 280 g/mol. The highest BCUT2D eigenvalue weighted by molar-refractivity contribution is 7.89. The summed E-state index contributed by atoms with van der Waals surface area (Å²) in [5.74, 6) is -0.256. The van der Waals surface area contributed by atoms with Crippen LogP contribution in [0.5, 0.6) is 0 Å². The summed E-state index contributed by atoms with van der Waals surface area (Å²) in [7, 11) is -3.61. The van der Waals surface area contributed by atoms with Crippen molar-refractivity contribution in [1.82, 2.24) is 4.72 Å². The van der Waals surface area contributed by atoms with Gasteiger partial charge in [0.25, 0.3) is 0 Å². The number of aryl methyl sites for hydroxylation is 1.